The molecule has 244 valence electrons. The Morgan fingerprint density at radius 1 is 1.11 bits per heavy atom. The van der Waals surface area contributed by atoms with E-state index in [-0.39, 0.29) is 29.7 Å². The number of hydrogen-bond acceptors (Lipinski definition) is 9. The van der Waals surface area contributed by atoms with Gasteiger partial charge in [0.25, 0.3) is 0 Å². The molecular formula is C31H44F3N5O4S. The van der Waals surface area contributed by atoms with E-state index in [1.165, 1.54) is 18.1 Å². The van der Waals surface area contributed by atoms with Gasteiger partial charge in [0.2, 0.25) is 5.91 Å². The molecule has 13 heteroatoms. The SMILES string of the molecule is COC(=O)CCN1[C@H](C)CN(CCOC2CCC(N3C(S)N(c4ccc(C#N)c(C(F)(F)F)c4)C(=O)C3(C)C)CC2)C[C@@H]1C. The van der Waals surface area contributed by atoms with Gasteiger partial charge in [0.15, 0.2) is 0 Å². The molecule has 9 nitrogen and oxygen atoms in total. The summed E-state index contributed by atoms with van der Waals surface area (Å²) < 4.78 is 52.0. The standard InChI is InChI=1S/C31H44F3N5O4S/c1-20-18-36(19-21(2)37(20)13-12-27(40)42-5)14-15-43-25-10-8-23(9-11-25)39-29(44)38(28(41)30(39,3)4)24-7-6-22(17-35)26(16-24)31(32,33)34/h6-7,16,20-21,23,25,29,44H,8-15,18-19H2,1-5H3/t20-,21+,23?,25?,29?. The van der Waals surface area contributed by atoms with Gasteiger partial charge in [-0.05, 0) is 71.6 Å². The average molecular weight is 640 g/mol. The lowest BCUT2D eigenvalue weighted by atomic mass is 9.89. The highest BCUT2D eigenvalue weighted by atomic mass is 32.1. The minimum absolute atomic E-state index is 0.0153. The van der Waals surface area contributed by atoms with Crippen LogP contribution in [0.2, 0.25) is 0 Å². The van der Waals surface area contributed by atoms with Crippen LogP contribution >= 0.6 is 12.6 Å². The normalized spacial score (nSPS) is 28.7. The van der Waals surface area contributed by atoms with Crippen molar-refractivity contribution < 1.29 is 32.2 Å². The Balaban J connectivity index is 1.30. The number of nitrogens with zero attached hydrogens (tertiary/aromatic N) is 5. The third-order valence-electron chi connectivity index (χ3n) is 9.35. The van der Waals surface area contributed by atoms with Crippen LogP contribution in [0.4, 0.5) is 18.9 Å². The first kappa shape index (κ1) is 34.5. The van der Waals surface area contributed by atoms with Crippen molar-refractivity contribution in [3.05, 3.63) is 29.3 Å². The number of ether oxygens (including phenoxy) is 2. The van der Waals surface area contributed by atoms with Crippen LogP contribution in [0.15, 0.2) is 18.2 Å². The average Bonchev–Trinajstić information content (AvgIpc) is 3.14. The third-order valence-corrected chi connectivity index (χ3v) is 9.83. The predicted octanol–water partition coefficient (Wildman–Crippen LogP) is 4.50. The Morgan fingerprint density at radius 2 is 1.75 bits per heavy atom. The van der Waals surface area contributed by atoms with Crippen molar-refractivity contribution in [2.45, 2.75) is 101 Å². The Kier molecular flexibility index (Phi) is 10.9. The predicted molar refractivity (Wildman–Crippen MR) is 163 cm³/mol. The van der Waals surface area contributed by atoms with E-state index in [0.717, 1.165) is 57.5 Å². The summed E-state index contributed by atoms with van der Waals surface area (Å²) in [5.41, 5.74) is -3.20. The number of alkyl halides is 3. The van der Waals surface area contributed by atoms with Crippen LogP contribution in [0.3, 0.4) is 0 Å². The van der Waals surface area contributed by atoms with Gasteiger partial charge in [0.05, 0.1) is 49.0 Å². The van der Waals surface area contributed by atoms with Crippen LogP contribution in [0.25, 0.3) is 0 Å². The molecule has 0 bridgehead atoms. The van der Waals surface area contributed by atoms with E-state index in [9.17, 15) is 22.8 Å². The zero-order chi connectivity index (χ0) is 32.4. The van der Waals surface area contributed by atoms with Gasteiger partial charge in [0, 0.05) is 50.0 Å². The lowest BCUT2D eigenvalue weighted by Crippen LogP contribution is -2.57. The fourth-order valence-electron chi connectivity index (χ4n) is 7.08. The number of halogens is 3. The number of carbonyl (C=O) groups excluding carboxylic acids is 2. The maximum atomic E-state index is 13.6. The van der Waals surface area contributed by atoms with E-state index in [0.29, 0.717) is 31.7 Å². The van der Waals surface area contributed by atoms with E-state index in [1.54, 1.807) is 19.9 Å². The summed E-state index contributed by atoms with van der Waals surface area (Å²) in [6.45, 7) is 11.9. The number of amides is 1. The molecule has 0 N–H and O–H groups in total. The number of benzene rings is 1. The van der Waals surface area contributed by atoms with Gasteiger partial charge in [0.1, 0.15) is 5.50 Å². The summed E-state index contributed by atoms with van der Waals surface area (Å²) in [4.78, 5) is 33.2. The molecule has 1 saturated carbocycles. The molecule has 2 saturated heterocycles. The first-order valence-electron chi connectivity index (χ1n) is 15.3. The molecule has 1 aliphatic carbocycles. The van der Waals surface area contributed by atoms with Crippen molar-refractivity contribution in [3.8, 4) is 6.07 Å². The summed E-state index contributed by atoms with van der Waals surface area (Å²) in [6, 6.07) is 5.60. The molecule has 0 radical (unpaired) electrons. The van der Waals surface area contributed by atoms with E-state index >= 15 is 0 Å². The van der Waals surface area contributed by atoms with Gasteiger partial charge < -0.3 is 9.47 Å². The van der Waals surface area contributed by atoms with E-state index in [4.69, 9.17) is 27.4 Å². The molecule has 1 unspecified atom stereocenters. The summed E-state index contributed by atoms with van der Waals surface area (Å²) in [7, 11) is 1.41. The van der Waals surface area contributed by atoms with Gasteiger partial charge in [-0.3, -0.25) is 29.2 Å². The smallest absolute Gasteiger partial charge is 0.417 e. The highest BCUT2D eigenvalue weighted by Crippen LogP contribution is 2.43. The molecule has 3 atom stereocenters. The van der Waals surface area contributed by atoms with Crippen LogP contribution in [0, 0.1) is 11.3 Å². The lowest BCUT2D eigenvalue weighted by Gasteiger charge is -2.44. The Labute approximate surface area is 263 Å². The van der Waals surface area contributed by atoms with Crippen molar-refractivity contribution in [1.29, 1.82) is 5.26 Å². The maximum Gasteiger partial charge on any atom is 0.417 e. The molecule has 2 aliphatic heterocycles. The van der Waals surface area contributed by atoms with Crippen LogP contribution in [0.5, 0.6) is 0 Å². The van der Waals surface area contributed by atoms with Gasteiger partial charge in [-0.1, -0.05) is 0 Å². The molecule has 4 rings (SSSR count). The molecule has 1 amide bonds. The van der Waals surface area contributed by atoms with Crippen molar-refractivity contribution in [1.82, 2.24) is 14.7 Å². The Bertz CT molecular complexity index is 1220. The van der Waals surface area contributed by atoms with Crippen LogP contribution < -0.4 is 4.90 Å². The van der Waals surface area contributed by atoms with E-state index in [1.807, 2.05) is 4.90 Å². The number of methoxy groups -OCH3 is 1. The number of thiol groups is 1. The number of anilines is 1. The Morgan fingerprint density at radius 3 is 2.32 bits per heavy atom. The van der Waals surface area contributed by atoms with Crippen LogP contribution in [0.1, 0.15) is 70.9 Å². The highest BCUT2D eigenvalue weighted by Gasteiger charge is 2.54. The maximum absolute atomic E-state index is 13.6. The van der Waals surface area contributed by atoms with Crippen molar-refractivity contribution in [2.75, 3.05) is 44.8 Å². The van der Waals surface area contributed by atoms with Gasteiger partial charge in [-0.25, -0.2) is 0 Å². The second kappa shape index (κ2) is 14.0. The van der Waals surface area contributed by atoms with Crippen LogP contribution in [-0.2, 0) is 25.2 Å². The minimum atomic E-state index is -4.72. The monoisotopic (exact) mass is 639 g/mol. The first-order chi connectivity index (χ1) is 20.7. The zero-order valence-electron chi connectivity index (χ0n) is 26.1. The van der Waals surface area contributed by atoms with Crippen molar-refractivity contribution >= 4 is 30.2 Å². The summed E-state index contributed by atoms with van der Waals surface area (Å²) in [6.07, 6.45) is -1.04. The molecule has 0 spiro atoms. The topological polar surface area (TPSA) is 89.3 Å². The van der Waals surface area contributed by atoms with Crippen molar-refractivity contribution in [3.63, 3.8) is 0 Å². The largest absolute Gasteiger partial charge is 0.469 e. The van der Waals surface area contributed by atoms with Gasteiger partial charge in [-0.2, -0.15) is 18.4 Å². The third kappa shape index (κ3) is 7.36. The number of esters is 1. The number of nitriles is 1. The molecule has 0 aromatic heterocycles. The molecule has 1 aromatic carbocycles. The lowest BCUT2D eigenvalue weighted by molar-refractivity contribution is -0.141. The molecule has 44 heavy (non-hydrogen) atoms. The number of rotatable bonds is 9. The highest BCUT2D eigenvalue weighted by molar-refractivity contribution is 7.81. The van der Waals surface area contributed by atoms with Crippen molar-refractivity contribution in [2.24, 2.45) is 0 Å². The van der Waals surface area contributed by atoms with Crippen LogP contribution in [-0.4, -0.2) is 102 Å². The molecule has 1 aromatic rings. The van der Waals surface area contributed by atoms with E-state index in [2.05, 4.69) is 23.6 Å². The van der Waals surface area contributed by atoms with E-state index < -0.39 is 28.3 Å². The summed E-state index contributed by atoms with van der Waals surface area (Å²) in [5, 5.41) is 9.17. The summed E-state index contributed by atoms with van der Waals surface area (Å²) in [5.74, 6) is -0.523. The quantitative estimate of drug-likeness (QED) is 0.312. The van der Waals surface area contributed by atoms with Gasteiger partial charge >= 0.3 is 12.1 Å². The molecular weight excluding hydrogens is 595 g/mol. The number of hydrogen-bond donors (Lipinski definition) is 1. The fraction of sp³-hybridized carbons (Fsp3) is 0.710. The molecule has 2 heterocycles. The zero-order valence-corrected chi connectivity index (χ0v) is 27.0. The molecule has 3 aliphatic rings. The second-order valence-corrected chi connectivity index (χ2v) is 13.1. The second-order valence-electron chi connectivity index (χ2n) is 12.7. The Hall–Kier alpha value is -2.37. The molecule has 3 fully saturated rings. The first-order valence-corrected chi connectivity index (χ1v) is 15.8. The fourth-order valence-corrected chi connectivity index (χ4v) is 7.80. The minimum Gasteiger partial charge on any atom is -0.469 e. The number of carbonyl (C=O) groups is 2. The van der Waals surface area contributed by atoms with Gasteiger partial charge in [-0.15, -0.1) is 12.6 Å². The number of piperazine rings is 1. The summed E-state index contributed by atoms with van der Waals surface area (Å²) >= 11 is 4.74.